The number of amides is 1. The van der Waals surface area contributed by atoms with Crippen LogP contribution in [0, 0.1) is 0 Å². The van der Waals surface area contributed by atoms with E-state index in [4.69, 9.17) is 18.9 Å². The summed E-state index contributed by atoms with van der Waals surface area (Å²) in [4.78, 5) is 31.2. The molecule has 1 N–H and O–H groups in total. The quantitative estimate of drug-likeness (QED) is 0.369. The van der Waals surface area contributed by atoms with E-state index < -0.39 is 11.6 Å². The summed E-state index contributed by atoms with van der Waals surface area (Å²) in [6.45, 7) is 9.82. The lowest BCUT2D eigenvalue weighted by molar-refractivity contribution is -0.145. The average Bonchev–Trinajstić information content (AvgIpc) is 3.31. The Morgan fingerprint density at radius 2 is 1.78 bits per heavy atom. The maximum Gasteiger partial charge on any atom is 0.407 e. The third-order valence-corrected chi connectivity index (χ3v) is 7.64. The van der Waals surface area contributed by atoms with Crippen molar-refractivity contribution in [2.24, 2.45) is 0 Å². The van der Waals surface area contributed by atoms with E-state index in [9.17, 15) is 9.59 Å². The van der Waals surface area contributed by atoms with Crippen LogP contribution in [-0.2, 0) is 25.5 Å². The number of benzene rings is 1. The van der Waals surface area contributed by atoms with Crippen molar-refractivity contribution < 1.29 is 28.5 Å². The molecule has 1 aliphatic carbocycles. The molecule has 2 atom stereocenters. The Kier molecular flexibility index (Phi) is 11.0. The predicted molar refractivity (Wildman–Crippen MR) is 156 cm³/mol. The number of esters is 1. The highest BCUT2D eigenvalue weighted by atomic mass is 16.6. The van der Waals surface area contributed by atoms with Gasteiger partial charge in [-0.25, -0.2) is 14.6 Å². The lowest BCUT2D eigenvalue weighted by Gasteiger charge is -2.33. The van der Waals surface area contributed by atoms with E-state index in [2.05, 4.69) is 39.5 Å². The topological polar surface area (TPSA) is 99.2 Å². The number of pyridine rings is 1. The summed E-state index contributed by atoms with van der Waals surface area (Å²) < 4.78 is 22.8. The van der Waals surface area contributed by atoms with Gasteiger partial charge in [0.15, 0.2) is 6.61 Å². The molecule has 0 bridgehead atoms. The number of hydrogen-bond donors (Lipinski definition) is 1. The number of hydrogen-bond acceptors (Lipinski definition) is 8. The Morgan fingerprint density at radius 3 is 2.49 bits per heavy atom. The van der Waals surface area contributed by atoms with Crippen LogP contribution in [0.15, 0.2) is 48.7 Å². The van der Waals surface area contributed by atoms with Crippen LogP contribution < -0.4 is 10.1 Å². The Morgan fingerprint density at radius 1 is 1.02 bits per heavy atom. The van der Waals surface area contributed by atoms with E-state index in [1.54, 1.807) is 13.1 Å². The molecule has 1 aromatic carbocycles. The van der Waals surface area contributed by atoms with E-state index in [0.29, 0.717) is 25.0 Å². The Hall–Kier alpha value is -3.17. The second-order valence-electron chi connectivity index (χ2n) is 11.9. The molecule has 2 aliphatic rings. The first-order valence-electron chi connectivity index (χ1n) is 14.8. The van der Waals surface area contributed by atoms with Crippen molar-refractivity contribution in [3.8, 4) is 5.88 Å². The first kappa shape index (κ1) is 30.8. The summed E-state index contributed by atoms with van der Waals surface area (Å²) in [5.74, 6) is 0.403. The molecular weight excluding hydrogens is 522 g/mol. The molecule has 2 unspecified atom stereocenters. The van der Waals surface area contributed by atoms with Crippen LogP contribution in [0.25, 0.3) is 0 Å². The zero-order chi connectivity index (χ0) is 29.2. The number of nitrogens with zero attached hydrogens (tertiary/aromatic N) is 2. The fraction of sp³-hybridized carbons (Fsp3) is 0.594. The van der Waals surface area contributed by atoms with E-state index in [1.807, 2.05) is 39.0 Å². The van der Waals surface area contributed by atoms with Crippen LogP contribution >= 0.6 is 0 Å². The van der Waals surface area contributed by atoms with Gasteiger partial charge < -0.3 is 24.3 Å². The van der Waals surface area contributed by atoms with Crippen molar-refractivity contribution in [3.63, 3.8) is 0 Å². The standard InChI is InChI=1S/C32H45N3O6/c1-5-38-29(36)22-40-30-26(12-9-18-33-30)24-13-15-25(16-14-24)39-21-28-27(34-31(37)41-32(2,3)4)17-19-35(28)20-23-10-7-6-8-11-23/h6-12,18,24-25,27-28H,5,13-17,19-22H2,1-4H3,(H,34,37). The number of ether oxygens (including phenoxy) is 4. The molecular formula is C32H45N3O6. The molecule has 1 aromatic heterocycles. The number of carbonyl (C=O) groups is 2. The molecule has 0 spiro atoms. The Bertz CT molecular complexity index is 1110. The van der Waals surface area contributed by atoms with Crippen molar-refractivity contribution in [3.05, 3.63) is 59.8 Å². The first-order chi connectivity index (χ1) is 19.7. The third-order valence-electron chi connectivity index (χ3n) is 7.64. The second-order valence-corrected chi connectivity index (χ2v) is 11.9. The van der Waals surface area contributed by atoms with Crippen LogP contribution in [-0.4, -0.2) is 72.1 Å². The molecule has 2 fully saturated rings. The highest BCUT2D eigenvalue weighted by Crippen LogP contribution is 2.37. The zero-order valence-corrected chi connectivity index (χ0v) is 24.8. The van der Waals surface area contributed by atoms with Crippen molar-refractivity contribution in [1.82, 2.24) is 15.2 Å². The Balaban J connectivity index is 1.33. The van der Waals surface area contributed by atoms with Crippen LogP contribution in [0.4, 0.5) is 4.79 Å². The maximum atomic E-state index is 12.6. The number of alkyl carbamates (subject to hydrolysis) is 1. The fourth-order valence-corrected chi connectivity index (χ4v) is 5.72. The smallest absolute Gasteiger partial charge is 0.407 e. The highest BCUT2D eigenvalue weighted by Gasteiger charge is 2.37. The van der Waals surface area contributed by atoms with Crippen LogP contribution in [0.2, 0.25) is 0 Å². The van der Waals surface area contributed by atoms with Crippen molar-refractivity contribution >= 4 is 12.1 Å². The van der Waals surface area contributed by atoms with E-state index in [1.165, 1.54) is 5.56 Å². The summed E-state index contributed by atoms with van der Waals surface area (Å²) >= 11 is 0. The second kappa shape index (κ2) is 14.6. The monoisotopic (exact) mass is 567 g/mol. The number of carbonyl (C=O) groups excluding carboxylic acids is 2. The SMILES string of the molecule is CCOC(=O)COc1ncccc1C1CCC(OCC2C(NC(=O)OC(C)(C)C)CCN2Cc2ccccc2)CC1. The number of nitrogens with one attached hydrogen (secondary N) is 1. The molecule has 9 nitrogen and oxygen atoms in total. The first-order valence-corrected chi connectivity index (χ1v) is 14.8. The lowest BCUT2D eigenvalue weighted by atomic mass is 9.83. The normalized spacial score (nSPS) is 23.1. The number of rotatable bonds is 11. The molecule has 2 aromatic rings. The molecule has 9 heteroatoms. The molecule has 1 saturated carbocycles. The molecule has 0 radical (unpaired) electrons. The van der Waals surface area contributed by atoms with Gasteiger partial charge >= 0.3 is 12.1 Å². The van der Waals surface area contributed by atoms with Gasteiger partial charge in [0.2, 0.25) is 5.88 Å². The van der Waals surface area contributed by atoms with Gasteiger partial charge in [-0.1, -0.05) is 36.4 Å². The average molecular weight is 568 g/mol. The van der Waals surface area contributed by atoms with Gasteiger partial charge in [-0.15, -0.1) is 0 Å². The molecule has 41 heavy (non-hydrogen) atoms. The largest absolute Gasteiger partial charge is 0.465 e. The van der Waals surface area contributed by atoms with Gasteiger partial charge in [-0.2, -0.15) is 0 Å². The minimum absolute atomic E-state index is 0.0422. The van der Waals surface area contributed by atoms with E-state index in [-0.39, 0.29) is 30.9 Å². The number of likely N-dealkylation sites (tertiary alicyclic amines) is 1. The van der Waals surface area contributed by atoms with Crippen LogP contribution in [0.1, 0.15) is 76.8 Å². The summed E-state index contributed by atoms with van der Waals surface area (Å²) in [7, 11) is 0. The fourth-order valence-electron chi connectivity index (χ4n) is 5.72. The zero-order valence-electron chi connectivity index (χ0n) is 24.8. The van der Waals surface area contributed by atoms with Gasteiger partial charge in [0.25, 0.3) is 0 Å². The van der Waals surface area contributed by atoms with Gasteiger partial charge in [0.05, 0.1) is 31.4 Å². The summed E-state index contributed by atoms with van der Waals surface area (Å²) in [5, 5.41) is 3.11. The summed E-state index contributed by atoms with van der Waals surface area (Å²) in [5.41, 5.74) is 1.73. The van der Waals surface area contributed by atoms with Gasteiger partial charge in [-0.05, 0) is 77.3 Å². The summed E-state index contributed by atoms with van der Waals surface area (Å²) in [6.07, 6.45) is 6.04. The minimum atomic E-state index is -0.547. The molecule has 1 aliphatic heterocycles. The molecule has 2 heterocycles. The summed E-state index contributed by atoms with van der Waals surface area (Å²) in [6, 6.07) is 14.4. The predicted octanol–water partition coefficient (Wildman–Crippen LogP) is 5.23. The van der Waals surface area contributed by atoms with Crippen LogP contribution in [0.5, 0.6) is 5.88 Å². The maximum absolute atomic E-state index is 12.6. The van der Waals surface area contributed by atoms with Crippen LogP contribution in [0.3, 0.4) is 0 Å². The minimum Gasteiger partial charge on any atom is -0.465 e. The van der Waals surface area contributed by atoms with E-state index >= 15 is 0 Å². The molecule has 1 saturated heterocycles. The lowest BCUT2D eigenvalue weighted by Crippen LogP contribution is -2.49. The van der Waals surface area contributed by atoms with Gasteiger partial charge in [0, 0.05) is 24.8 Å². The molecule has 224 valence electrons. The number of aromatic nitrogens is 1. The molecule has 1 amide bonds. The highest BCUT2D eigenvalue weighted by molar-refractivity contribution is 5.71. The van der Waals surface area contributed by atoms with E-state index in [0.717, 1.165) is 50.8 Å². The Labute approximate surface area is 243 Å². The van der Waals surface area contributed by atoms with Gasteiger partial charge in [-0.3, -0.25) is 4.90 Å². The molecule has 4 rings (SSSR count). The van der Waals surface area contributed by atoms with Gasteiger partial charge in [0.1, 0.15) is 5.60 Å². The van der Waals surface area contributed by atoms with Crippen molar-refractivity contribution in [2.75, 3.05) is 26.4 Å². The third kappa shape index (κ3) is 9.43. The van der Waals surface area contributed by atoms with Crippen molar-refractivity contribution in [2.45, 2.75) is 96.1 Å². The van der Waals surface area contributed by atoms with Crippen molar-refractivity contribution in [1.29, 1.82) is 0 Å².